The monoisotopic (exact) mass is 250 g/mol. The van der Waals surface area contributed by atoms with Gasteiger partial charge in [-0.2, -0.15) is 0 Å². The molecule has 0 aliphatic heterocycles. The number of nitrogens with one attached hydrogen (secondary N) is 2. The summed E-state index contributed by atoms with van der Waals surface area (Å²) in [7, 11) is 1.91. The average Bonchev–Trinajstić information content (AvgIpc) is 2.41. The number of ether oxygens (including phenoxy) is 1. The largest absolute Gasteiger partial charge is 0.380 e. The molecule has 4 nitrogen and oxygen atoms in total. The Bertz CT molecular complexity index is 367. The Balaban J connectivity index is 2.55. The first kappa shape index (κ1) is 14.7. The summed E-state index contributed by atoms with van der Waals surface area (Å²) < 4.78 is 5.19. The van der Waals surface area contributed by atoms with Crippen LogP contribution < -0.4 is 10.6 Å². The van der Waals surface area contributed by atoms with Crippen molar-refractivity contribution in [3.05, 3.63) is 35.4 Å². The van der Waals surface area contributed by atoms with Crippen molar-refractivity contribution in [3.8, 4) is 0 Å². The highest BCUT2D eigenvalue weighted by molar-refractivity contribution is 5.95. The summed E-state index contributed by atoms with van der Waals surface area (Å²) in [6.07, 6.45) is 0.853. The van der Waals surface area contributed by atoms with E-state index in [0.29, 0.717) is 19.8 Å². The molecule has 0 aliphatic rings. The van der Waals surface area contributed by atoms with Crippen LogP contribution >= 0.6 is 0 Å². The lowest BCUT2D eigenvalue weighted by molar-refractivity contribution is 0.0921. The molecule has 2 N–H and O–H groups in total. The molecule has 0 bridgehead atoms. The van der Waals surface area contributed by atoms with Crippen LogP contribution in [-0.2, 0) is 11.2 Å². The van der Waals surface area contributed by atoms with Crippen molar-refractivity contribution in [2.24, 2.45) is 0 Å². The fraction of sp³-hybridized carbons (Fsp3) is 0.500. The van der Waals surface area contributed by atoms with Gasteiger partial charge in [0.1, 0.15) is 0 Å². The van der Waals surface area contributed by atoms with E-state index in [4.69, 9.17) is 4.74 Å². The van der Waals surface area contributed by atoms with Crippen molar-refractivity contribution < 1.29 is 9.53 Å². The van der Waals surface area contributed by atoms with Crippen LogP contribution in [0, 0.1) is 0 Å². The van der Waals surface area contributed by atoms with Crippen molar-refractivity contribution >= 4 is 5.91 Å². The third kappa shape index (κ3) is 4.85. The van der Waals surface area contributed by atoms with Crippen molar-refractivity contribution in [3.63, 3.8) is 0 Å². The van der Waals surface area contributed by atoms with E-state index in [0.717, 1.165) is 24.1 Å². The Hall–Kier alpha value is -1.39. The predicted molar refractivity (Wildman–Crippen MR) is 72.9 cm³/mol. The van der Waals surface area contributed by atoms with Gasteiger partial charge in [0.05, 0.1) is 6.61 Å². The molecule has 0 aromatic heterocycles. The maximum Gasteiger partial charge on any atom is 0.251 e. The molecule has 0 aliphatic carbocycles. The molecule has 0 unspecified atom stereocenters. The maximum atomic E-state index is 12.0. The summed E-state index contributed by atoms with van der Waals surface area (Å²) in [4.78, 5) is 12.0. The number of hydrogen-bond acceptors (Lipinski definition) is 3. The van der Waals surface area contributed by atoms with Gasteiger partial charge in [0.25, 0.3) is 5.91 Å². The second-order valence-corrected chi connectivity index (χ2v) is 3.96. The van der Waals surface area contributed by atoms with E-state index in [1.54, 1.807) is 0 Å². The Morgan fingerprint density at radius 2 is 2.06 bits per heavy atom. The summed E-state index contributed by atoms with van der Waals surface area (Å²) in [5, 5.41) is 5.96. The molecule has 0 saturated carbocycles. The van der Waals surface area contributed by atoms with Gasteiger partial charge in [-0.3, -0.25) is 4.79 Å². The lowest BCUT2D eigenvalue weighted by Gasteiger charge is -2.10. The smallest absolute Gasteiger partial charge is 0.251 e. The van der Waals surface area contributed by atoms with Crippen molar-refractivity contribution in [2.45, 2.75) is 13.3 Å². The fourth-order valence-corrected chi connectivity index (χ4v) is 1.70. The minimum absolute atomic E-state index is 0.0265. The number of benzene rings is 1. The molecule has 1 aromatic rings. The second kappa shape index (κ2) is 8.66. The Morgan fingerprint density at radius 3 is 2.78 bits per heavy atom. The van der Waals surface area contributed by atoms with Crippen LogP contribution in [0.3, 0.4) is 0 Å². The highest BCUT2D eigenvalue weighted by atomic mass is 16.5. The molecule has 0 fully saturated rings. The molecule has 0 radical (unpaired) electrons. The van der Waals surface area contributed by atoms with Gasteiger partial charge in [0.15, 0.2) is 0 Å². The van der Waals surface area contributed by atoms with Crippen LogP contribution in [0.15, 0.2) is 24.3 Å². The second-order valence-electron chi connectivity index (χ2n) is 3.96. The number of hydrogen-bond donors (Lipinski definition) is 2. The lowest BCUT2D eigenvalue weighted by Crippen LogP contribution is -2.28. The van der Waals surface area contributed by atoms with E-state index in [1.165, 1.54) is 0 Å². The van der Waals surface area contributed by atoms with Gasteiger partial charge in [-0.25, -0.2) is 0 Å². The van der Waals surface area contributed by atoms with Gasteiger partial charge < -0.3 is 15.4 Å². The van der Waals surface area contributed by atoms with Crippen LogP contribution in [-0.4, -0.2) is 39.3 Å². The molecule has 0 atom stereocenters. The topological polar surface area (TPSA) is 50.4 Å². The van der Waals surface area contributed by atoms with Crippen LogP contribution in [0.5, 0.6) is 0 Å². The van der Waals surface area contributed by atoms with Crippen LogP contribution in [0.25, 0.3) is 0 Å². The first-order valence-corrected chi connectivity index (χ1v) is 6.38. The van der Waals surface area contributed by atoms with Crippen molar-refractivity contribution in [1.29, 1.82) is 0 Å². The third-order valence-corrected chi connectivity index (χ3v) is 2.64. The van der Waals surface area contributed by atoms with Crippen molar-refractivity contribution in [1.82, 2.24) is 10.6 Å². The minimum Gasteiger partial charge on any atom is -0.380 e. The van der Waals surface area contributed by atoms with Gasteiger partial charge >= 0.3 is 0 Å². The molecule has 1 rings (SSSR count). The summed E-state index contributed by atoms with van der Waals surface area (Å²) in [5.41, 5.74) is 1.82. The standard InChI is InChI=1S/C14H22N2O2/c1-3-18-11-10-16-14(17)13-7-5-4-6-12(13)8-9-15-2/h4-7,15H,3,8-11H2,1-2H3,(H,16,17). The summed E-state index contributed by atoms with van der Waals surface area (Å²) >= 11 is 0. The highest BCUT2D eigenvalue weighted by Gasteiger charge is 2.09. The lowest BCUT2D eigenvalue weighted by atomic mass is 10.0. The molecular formula is C14H22N2O2. The molecular weight excluding hydrogens is 228 g/mol. The van der Waals surface area contributed by atoms with Gasteiger partial charge in [-0.15, -0.1) is 0 Å². The van der Waals surface area contributed by atoms with Gasteiger partial charge in [0.2, 0.25) is 0 Å². The molecule has 18 heavy (non-hydrogen) atoms. The zero-order chi connectivity index (χ0) is 13.2. The van der Waals surface area contributed by atoms with E-state index >= 15 is 0 Å². The normalized spacial score (nSPS) is 10.3. The van der Waals surface area contributed by atoms with Crippen molar-refractivity contribution in [2.75, 3.05) is 33.4 Å². The van der Waals surface area contributed by atoms with Gasteiger partial charge in [-0.05, 0) is 38.6 Å². The molecule has 100 valence electrons. The van der Waals surface area contributed by atoms with Crippen LogP contribution in [0.1, 0.15) is 22.8 Å². The Labute approximate surface area is 109 Å². The van der Waals surface area contributed by atoms with Gasteiger partial charge in [-0.1, -0.05) is 18.2 Å². The number of likely N-dealkylation sites (N-methyl/N-ethyl adjacent to an activating group) is 1. The van der Waals surface area contributed by atoms with Crippen LogP contribution in [0.4, 0.5) is 0 Å². The number of rotatable bonds is 8. The fourth-order valence-electron chi connectivity index (χ4n) is 1.70. The molecule has 0 heterocycles. The predicted octanol–water partition coefficient (Wildman–Crippen LogP) is 1.21. The van der Waals surface area contributed by atoms with Crippen LogP contribution in [0.2, 0.25) is 0 Å². The minimum atomic E-state index is -0.0265. The third-order valence-electron chi connectivity index (χ3n) is 2.64. The molecule has 4 heteroatoms. The summed E-state index contributed by atoms with van der Waals surface area (Å²) in [5.74, 6) is -0.0265. The average molecular weight is 250 g/mol. The van der Waals surface area contributed by atoms with Gasteiger partial charge in [0, 0.05) is 18.7 Å². The SMILES string of the molecule is CCOCCNC(=O)c1ccccc1CCNC. The summed E-state index contributed by atoms with van der Waals surface area (Å²) in [6, 6.07) is 7.71. The molecule has 1 aromatic carbocycles. The molecule has 0 saturated heterocycles. The number of carbonyl (C=O) groups excluding carboxylic acids is 1. The van der Waals surface area contributed by atoms with E-state index < -0.39 is 0 Å². The first-order chi connectivity index (χ1) is 8.79. The highest BCUT2D eigenvalue weighted by Crippen LogP contribution is 2.09. The van der Waals surface area contributed by atoms with E-state index in [9.17, 15) is 4.79 Å². The summed E-state index contributed by atoms with van der Waals surface area (Å²) in [6.45, 7) is 4.58. The van der Waals surface area contributed by atoms with E-state index in [-0.39, 0.29) is 5.91 Å². The number of amides is 1. The van der Waals surface area contributed by atoms with E-state index in [2.05, 4.69) is 10.6 Å². The van der Waals surface area contributed by atoms with E-state index in [1.807, 2.05) is 38.2 Å². The first-order valence-electron chi connectivity index (χ1n) is 6.38. The zero-order valence-electron chi connectivity index (χ0n) is 11.2. The molecule has 1 amide bonds. The Kier molecular flexibility index (Phi) is 7.06. The zero-order valence-corrected chi connectivity index (χ0v) is 11.2. The Morgan fingerprint density at radius 1 is 1.28 bits per heavy atom. The quantitative estimate of drug-likeness (QED) is 0.682. The maximum absolute atomic E-state index is 12.0. The number of carbonyl (C=O) groups is 1. The molecule has 0 spiro atoms.